The summed E-state index contributed by atoms with van der Waals surface area (Å²) in [6.45, 7) is 5.74. The number of hydrogen-bond donors (Lipinski definition) is 1. The second kappa shape index (κ2) is 5.53. The Labute approximate surface area is 121 Å². The lowest BCUT2D eigenvalue weighted by atomic mass is 10.1. The lowest BCUT2D eigenvalue weighted by molar-refractivity contribution is 0.102. The van der Waals surface area contributed by atoms with Crippen LogP contribution in [0.25, 0.3) is 0 Å². The molecule has 0 unspecified atom stereocenters. The molecule has 0 fully saturated rings. The van der Waals surface area contributed by atoms with Crippen molar-refractivity contribution in [3.05, 3.63) is 57.3 Å². The Morgan fingerprint density at radius 2 is 1.89 bits per heavy atom. The highest BCUT2D eigenvalue weighted by Crippen LogP contribution is 2.24. The van der Waals surface area contributed by atoms with Crippen molar-refractivity contribution in [1.29, 1.82) is 0 Å². The Kier molecular flexibility index (Phi) is 4.00. The lowest BCUT2D eigenvalue weighted by Gasteiger charge is -2.10. The fourth-order valence-electron chi connectivity index (χ4n) is 1.85. The molecule has 1 aromatic heterocycles. The third-order valence-corrected chi connectivity index (χ3v) is 3.53. The van der Waals surface area contributed by atoms with Crippen LogP contribution >= 0.6 is 15.9 Å². The molecule has 2 aromatic rings. The normalized spacial score (nSPS) is 10.3. The van der Waals surface area contributed by atoms with Gasteiger partial charge in [0.25, 0.3) is 5.91 Å². The number of benzene rings is 1. The van der Waals surface area contributed by atoms with Crippen molar-refractivity contribution in [2.24, 2.45) is 0 Å². The van der Waals surface area contributed by atoms with Gasteiger partial charge in [0.15, 0.2) is 0 Å². The average molecular weight is 319 g/mol. The number of carbonyl (C=O) groups excluding carboxylic acids is 1. The van der Waals surface area contributed by atoms with Gasteiger partial charge in [-0.25, -0.2) is 0 Å². The van der Waals surface area contributed by atoms with Gasteiger partial charge in [0.1, 0.15) is 0 Å². The number of nitrogens with zero attached hydrogens (tertiary/aromatic N) is 1. The second-order valence-corrected chi connectivity index (χ2v) is 5.38. The minimum absolute atomic E-state index is 0.142. The zero-order chi connectivity index (χ0) is 14.0. The number of pyridine rings is 1. The van der Waals surface area contributed by atoms with Gasteiger partial charge in [0.05, 0.1) is 16.9 Å². The first-order chi connectivity index (χ1) is 8.97. The minimum Gasteiger partial charge on any atom is -0.321 e. The van der Waals surface area contributed by atoms with E-state index in [1.54, 1.807) is 6.07 Å². The quantitative estimate of drug-likeness (QED) is 0.908. The highest BCUT2D eigenvalue weighted by atomic mass is 79.9. The molecule has 1 aromatic carbocycles. The summed E-state index contributed by atoms with van der Waals surface area (Å²) in [6.07, 6.45) is 0. The fraction of sp³-hybridized carbons (Fsp3) is 0.200. The Bertz CT molecular complexity index is 638. The van der Waals surface area contributed by atoms with Crippen molar-refractivity contribution in [1.82, 2.24) is 4.98 Å². The molecule has 1 heterocycles. The van der Waals surface area contributed by atoms with E-state index in [0.29, 0.717) is 5.56 Å². The van der Waals surface area contributed by atoms with Gasteiger partial charge in [-0.2, -0.15) is 0 Å². The number of carbonyl (C=O) groups is 1. The van der Waals surface area contributed by atoms with Crippen LogP contribution in [0, 0.1) is 20.8 Å². The molecule has 0 saturated carbocycles. The number of rotatable bonds is 2. The zero-order valence-corrected chi connectivity index (χ0v) is 12.7. The van der Waals surface area contributed by atoms with Gasteiger partial charge in [0, 0.05) is 10.2 Å². The van der Waals surface area contributed by atoms with Gasteiger partial charge < -0.3 is 5.32 Å². The molecule has 0 aliphatic heterocycles. The summed E-state index contributed by atoms with van der Waals surface area (Å²) in [7, 11) is 0. The van der Waals surface area contributed by atoms with E-state index >= 15 is 0 Å². The average Bonchev–Trinajstić information content (AvgIpc) is 2.33. The molecule has 0 aliphatic rings. The number of halogens is 1. The summed E-state index contributed by atoms with van der Waals surface area (Å²) in [4.78, 5) is 16.5. The third kappa shape index (κ3) is 3.20. The molecule has 3 nitrogen and oxygen atoms in total. The smallest absolute Gasteiger partial charge is 0.257 e. The van der Waals surface area contributed by atoms with Crippen LogP contribution in [-0.2, 0) is 0 Å². The van der Waals surface area contributed by atoms with Crippen molar-refractivity contribution < 1.29 is 4.79 Å². The molecule has 0 bridgehead atoms. The molecule has 1 N–H and O–H groups in total. The Morgan fingerprint density at radius 1 is 1.16 bits per heavy atom. The number of nitrogens with one attached hydrogen (secondary N) is 1. The lowest BCUT2D eigenvalue weighted by Crippen LogP contribution is -2.14. The topological polar surface area (TPSA) is 42.0 Å². The van der Waals surface area contributed by atoms with Crippen molar-refractivity contribution in [2.45, 2.75) is 20.8 Å². The fourth-order valence-corrected chi connectivity index (χ4v) is 2.20. The molecule has 19 heavy (non-hydrogen) atoms. The minimum atomic E-state index is -0.142. The van der Waals surface area contributed by atoms with Gasteiger partial charge in [-0.3, -0.25) is 9.78 Å². The van der Waals surface area contributed by atoms with Gasteiger partial charge in [-0.15, -0.1) is 0 Å². The predicted molar refractivity (Wildman–Crippen MR) is 80.5 cm³/mol. The van der Waals surface area contributed by atoms with E-state index in [0.717, 1.165) is 27.1 Å². The summed E-state index contributed by atoms with van der Waals surface area (Å²) >= 11 is 3.43. The first-order valence-corrected chi connectivity index (χ1v) is 6.78. The van der Waals surface area contributed by atoms with Crippen LogP contribution in [0.15, 0.2) is 34.8 Å². The molecule has 0 atom stereocenters. The number of amides is 1. The van der Waals surface area contributed by atoms with Crippen molar-refractivity contribution >= 4 is 27.5 Å². The largest absolute Gasteiger partial charge is 0.321 e. The summed E-state index contributed by atoms with van der Waals surface area (Å²) in [5.74, 6) is -0.142. The first-order valence-electron chi connectivity index (χ1n) is 5.99. The first kappa shape index (κ1) is 13.7. The van der Waals surface area contributed by atoms with E-state index in [9.17, 15) is 4.79 Å². The van der Waals surface area contributed by atoms with Crippen LogP contribution in [0.3, 0.4) is 0 Å². The van der Waals surface area contributed by atoms with E-state index in [2.05, 4.69) is 26.2 Å². The number of hydrogen-bond acceptors (Lipinski definition) is 2. The standard InChI is InChI=1S/C15H15BrN2O/c1-9-4-7-13(16)14(8-9)18-15(19)12-6-5-10(2)17-11(12)3/h4-8H,1-3H3,(H,18,19). The number of anilines is 1. The van der Waals surface area contributed by atoms with E-state index in [-0.39, 0.29) is 5.91 Å². The van der Waals surface area contributed by atoms with Crippen molar-refractivity contribution in [3.8, 4) is 0 Å². The Hall–Kier alpha value is -1.68. The molecule has 0 saturated heterocycles. The van der Waals surface area contributed by atoms with Crippen LogP contribution in [-0.4, -0.2) is 10.9 Å². The summed E-state index contributed by atoms with van der Waals surface area (Å²) in [5, 5.41) is 2.90. The molecule has 0 radical (unpaired) electrons. The molecule has 0 spiro atoms. The highest BCUT2D eigenvalue weighted by Gasteiger charge is 2.11. The van der Waals surface area contributed by atoms with Crippen LogP contribution in [0.1, 0.15) is 27.3 Å². The molecule has 4 heteroatoms. The highest BCUT2D eigenvalue weighted by molar-refractivity contribution is 9.10. The van der Waals surface area contributed by atoms with E-state index in [4.69, 9.17) is 0 Å². The maximum absolute atomic E-state index is 12.2. The van der Waals surface area contributed by atoms with Crippen LogP contribution in [0.4, 0.5) is 5.69 Å². The van der Waals surface area contributed by atoms with E-state index in [1.807, 2.05) is 45.0 Å². The molecule has 98 valence electrons. The monoisotopic (exact) mass is 318 g/mol. The van der Waals surface area contributed by atoms with Crippen molar-refractivity contribution in [3.63, 3.8) is 0 Å². The number of aromatic nitrogens is 1. The number of aryl methyl sites for hydroxylation is 3. The summed E-state index contributed by atoms with van der Waals surface area (Å²) in [6, 6.07) is 9.48. The Morgan fingerprint density at radius 3 is 2.58 bits per heavy atom. The predicted octanol–water partition coefficient (Wildman–Crippen LogP) is 4.02. The van der Waals surface area contributed by atoms with Crippen LogP contribution < -0.4 is 5.32 Å². The molecule has 0 aliphatic carbocycles. The second-order valence-electron chi connectivity index (χ2n) is 4.52. The molecular weight excluding hydrogens is 304 g/mol. The SMILES string of the molecule is Cc1ccc(Br)c(NC(=O)c2ccc(C)nc2C)c1. The zero-order valence-electron chi connectivity index (χ0n) is 11.1. The molecule has 1 amide bonds. The van der Waals surface area contributed by atoms with Gasteiger partial charge in [-0.05, 0) is 66.5 Å². The van der Waals surface area contributed by atoms with E-state index in [1.165, 1.54) is 0 Å². The summed E-state index contributed by atoms with van der Waals surface area (Å²) in [5.41, 5.74) is 4.10. The van der Waals surface area contributed by atoms with E-state index < -0.39 is 0 Å². The third-order valence-electron chi connectivity index (χ3n) is 2.84. The van der Waals surface area contributed by atoms with Gasteiger partial charge in [0.2, 0.25) is 0 Å². The van der Waals surface area contributed by atoms with Crippen LogP contribution in [0.5, 0.6) is 0 Å². The maximum Gasteiger partial charge on any atom is 0.257 e. The Balaban J connectivity index is 2.28. The molecule has 2 rings (SSSR count). The van der Waals surface area contributed by atoms with Gasteiger partial charge >= 0.3 is 0 Å². The molecular formula is C15H15BrN2O. The summed E-state index contributed by atoms with van der Waals surface area (Å²) < 4.78 is 0.865. The van der Waals surface area contributed by atoms with Gasteiger partial charge in [-0.1, -0.05) is 6.07 Å². The van der Waals surface area contributed by atoms with Crippen LogP contribution in [0.2, 0.25) is 0 Å². The maximum atomic E-state index is 12.2. The van der Waals surface area contributed by atoms with Crippen molar-refractivity contribution in [2.75, 3.05) is 5.32 Å².